The Labute approximate surface area is 147 Å². The SMILES string of the molecule is CCCC(NC(C)C(=O)N(c1nccs1)C1CCCCC1)C(=O)O. The van der Waals surface area contributed by atoms with Gasteiger partial charge in [-0.15, -0.1) is 11.3 Å². The van der Waals surface area contributed by atoms with E-state index < -0.39 is 18.1 Å². The number of carboxylic acid groups (broad SMARTS) is 1. The summed E-state index contributed by atoms with van der Waals surface area (Å²) in [6.45, 7) is 3.69. The van der Waals surface area contributed by atoms with Crippen LogP contribution in [0.4, 0.5) is 5.13 Å². The van der Waals surface area contributed by atoms with Crippen LogP contribution in [0.3, 0.4) is 0 Å². The van der Waals surface area contributed by atoms with Gasteiger partial charge < -0.3 is 5.11 Å². The zero-order valence-corrected chi connectivity index (χ0v) is 15.2. The van der Waals surface area contributed by atoms with E-state index in [1.165, 1.54) is 17.8 Å². The highest BCUT2D eigenvalue weighted by Crippen LogP contribution is 2.29. The minimum atomic E-state index is -0.907. The monoisotopic (exact) mass is 353 g/mol. The molecule has 1 heterocycles. The molecule has 134 valence electrons. The zero-order valence-electron chi connectivity index (χ0n) is 14.4. The predicted octanol–water partition coefficient (Wildman–Crippen LogP) is 3.04. The van der Waals surface area contributed by atoms with Crippen molar-refractivity contribution < 1.29 is 14.7 Å². The van der Waals surface area contributed by atoms with Crippen molar-refractivity contribution in [1.82, 2.24) is 10.3 Å². The quantitative estimate of drug-likeness (QED) is 0.750. The molecule has 1 fully saturated rings. The van der Waals surface area contributed by atoms with Crippen LogP contribution in [-0.4, -0.2) is 40.1 Å². The van der Waals surface area contributed by atoms with Gasteiger partial charge in [0, 0.05) is 17.6 Å². The first-order valence-electron chi connectivity index (χ1n) is 8.76. The standard InChI is InChI=1S/C17H27N3O3S/c1-3-7-14(16(22)23)19-12(2)15(21)20(17-18-10-11-24-17)13-8-5-4-6-9-13/h10-14,19H,3-9H2,1-2H3,(H,22,23). The summed E-state index contributed by atoms with van der Waals surface area (Å²) in [7, 11) is 0. The third-order valence-electron chi connectivity index (χ3n) is 4.50. The Morgan fingerprint density at radius 1 is 1.42 bits per heavy atom. The number of hydrogen-bond acceptors (Lipinski definition) is 5. The molecule has 0 spiro atoms. The molecule has 1 saturated carbocycles. The normalized spacial score (nSPS) is 18.1. The van der Waals surface area contributed by atoms with Gasteiger partial charge in [0.05, 0.1) is 6.04 Å². The number of anilines is 1. The summed E-state index contributed by atoms with van der Waals surface area (Å²) < 4.78 is 0. The first kappa shape index (κ1) is 18.9. The number of hydrogen-bond donors (Lipinski definition) is 2. The van der Waals surface area contributed by atoms with Gasteiger partial charge in [-0.1, -0.05) is 32.6 Å². The summed E-state index contributed by atoms with van der Waals surface area (Å²) >= 11 is 1.46. The van der Waals surface area contributed by atoms with Gasteiger partial charge in [0.2, 0.25) is 5.91 Å². The highest BCUT2D eigenvalue weighted by molar-refractivity contribution is 7.13. The second-order valence-electron chi connectivity index (χ2n) is 6.38. The molecule has 1 aliphatic rings. The molecule has 2 rings (SSSR count). The van der Waals surface area contributed by atoms with Crippen molar-refractivity contribution in [2.45, 2.75) is 76.9 Å². The van der Waals surface area contributed by atoms with Crippen LogP contribution < -0.4 is 10.2 Å². The molecule has 0 aliphatic heterocycles. The van der Waals surface area contributed by atoms with Crippen molar-refractivity contribution in [3.05, 3.63) is 11.6 Å². The number of aromatic nitrogens is 1. The van der Waals surface area contributed by atoms with Gasteiger partial charge >= 0.3 is 5.97 Å². The molecule has 1 aromatic heterocycles. The van der Waals surface area contributed by atoms with Crippen LogP contribution in [0, 0.1) is 0 Å². The summed E-state index contributed by atoms with van der Waals surface area (Å²) in [6.07, 6.45) is 8.38. The van der Waals surface area contributed by atoms with Crippen molar-refractivity contribution in [1.29, 1.82) is 0 Å². The van der Waals surface area contributed by atoms with Gasteiger partial charge in [-0.05, 0) is 26.2 Å². The summed E-state index contributed by atoms with van der Waals surface area (Å²) in [4.78, 5) is 30.5. The third kappa shape index (κ3) is 4.77. The van der Waals surface area contributed by atoms with Crippen LogP contribution in [0.1, 0.15) is 58.8 Å². The van der Waals surface area contributed by atoms with E-state index in [0.717, 1.165) is 32.1 Å². The zero-order chi connectivity index (χ0) is 17.5. The second-order valence-corrected chi connectivity index (χ2v) is 7.26. The second kappa shape index (κ2) is 9.13. The Kier molecular flexibility index (Phi) is 7.17. The van der Waals surface area contributed by atoms with Gasteiger partial charge in [0.25, 0.3) is 0 Å². The van der Waals surface area contributed by atoms with Crippen LogP contribution >= 0.6 is 11.3 Å². The summed E-state index contributed by atoms with van der Waals surface area (Å²) in [6, 6.07) is -1.09. The minimum absolute atomic E-state index is 0.0841. The van der Waals surface area contributed by atoms with Crippen LogP contribution in [0.2, 0.25) is 0 Å². The van der Waals surface area contributed by atoms with Gasteiger partial charge in [-0.3, -0.25) is 19.8 Å². The average molecular weight is 353 g/mol. The lowest BCUT2D eigenvalue weighted by Crippen LogP contribution is -2.53. The van der Waals surface area contributed by atoms with Crippen molar-refractivity contribution in [3.63, 3.8) is 0 Å². The first-order chi connectivity index (χ1) is 11.5. The van der Waals surface area contributed by atoms with Crippen molar-refractivity contribution in [3.8, 4) is 0 Å². The largest absolute Gasteiger partial charge is 0.480 e. The Hall–Kier alpha value is -1.47. The van der Waals surface area contributed by atoms with E-state index in [1.807, 2.05) is 12.3 Å². The molecule has 0 saturated heterocycles. The Balaban J connectivity index is 2.12. The van der Waals surface area contributed by atoms with Crippen LogP contribution in [0.15, 0.2) is 11.6 Å². The number of aliphatic carboxylic acids is 1. The molecule has 7 heteroatoms. The van der Waals surface area contributed by atoms with Gasteiger partial charge in [-0.25, -0.2) is 4.98 Å². The minimum Gasteiger partial charge on any atom is -0.480 e. The maximum atomic E-state index is 13.0. The molecule has 1 amide bonds. The molecule has 1 aliphatic carbocycles. The van der Waals surface area contributed by atoms with E-state index in [0.29, 0.717) is 11.6 Å². The summed E-state index contributed by atoms with van der Waals surface area (Å²) in [5, 5.41) is 14.9. The maximum Gasteiger partial charge on any atom is 0.320 e. The lowest BCUT2D eigenvalue weighted by atomic mass is 9.94. The fourth-order valence-corrected chi connectivity index (χ4v) is 3.97. The molecule has 2 unspecified atom stereocenters. The number of carboxylic acids is 1. The smallest absolute Gasteiger partial charge is 0.320 e. The number of nitrogens with zero attached hydrogens (tertiary/aromatic N) is 2. The molecule has 2 N–H and O–H groups in total. The Morgan fingerprint density at radius 2 is 2.12 bits per heavy atom. The summed E-state index contributed by atoms with van der Waals surface area (Å²) in [5.74, 6) is -0.992. The maximum absolute atomic E-state index is 13.0. The highest BCUT2D eigenvalue weighted by Gasteiger charge is 2.33. The van der Waals surface area contributed by atoms with E-state index in [1.54, 1.807) is 18.0 Å². The lowest BCUT2D eigenvalue weighted by Gasteiger charge is -2.34. The molecule has 0 bridgehead atoms. The van der Waals surface area contributed by atoms with Gasteiger partial charge in [0.15, 0.2) is 5.13 Å². The molecule has 2 atom stereocenters. The molecule has 6 nitrogen and oxygen atoms in total. The van der Waals surface area contributed by atoms with E-state index in [9.17, 15) is 14.7 Å². The van der Waals surface area contributed by atoms with E-state index in [-0.39, 0.29) is 11.9 Å². The fraction of sp³-hybridized carbons (Fsp3) is 0.706. The van der Waals surface area contributed by atoms with Crippen LogP contribution in [-0.2, 0) is 9.59 Å². The topological polar surface area (TPSA) is 82.5 Å². The molecular weight excluding hydrogens is 326 g/mol. The Morgan fingerprint density at radius 3 is 2.67 bits per heavy atom. The highest BCUT2D eigenvalue weighted by atomic mass is 32.1. The van der Waals surface area contributed by atoms with E-state index >= 15 is 0 Å². The molecule has 24 heavy (non-hydrogen) atoms. The van der Waals surface area contributed by atoms with Crippen molar-refractivity contribution in [2.75, 3.05) is 4.90 Å². The number of nitrogens with one attached hydrogen (secondary N) is 1. The number of thiazole rings is 1. The first-order valence-corrected chi connectivity index (χ1v) is 9.64. The number of rotatable bonds is 8. The number of carbonyl (C=O) groups is 2. The average Bonchev–Trinajstić information content (AvgIpc) is 3.09. The molecule has 0 radical (unpaired) electrons. The van der Waals surface area contributed by atoms with E-state index in [4.69, 9.17) is 0 Å². The van der Waals surface area contributed by atoms with Gasteiger partial charge in [-0.2, -0.15) is 0 Å². The van der Waals surface area contributed by atoms with E-state index in [2.05, 4.69) is 10.3 Å². The van der Waals surface area contributed by atoms with Crippen LogP contribution in [0.25, 0.3) is 0 Å². The fourth-order valence-electron chi connectivity index (χ4n) is 3.25. The molecule has 1 aromatic rings. The van der Waals surface area contributed by atoms with Gasteiger partial charge in [0.1, 0.15) is 6.04 Å². The lowest BCUT2D eigenvalue weighted by molar-refractivity contribution is -0.140. The number of amides is 1. The van der Waals surface area contributed by atoms with Crippen molar-refractivity contribution in [2.24, 2.45) is 0 Å². The van der Waals surface area contributed by atoms with Crippen LogP contribution in [0.5, 0.6) is 0 Å². The third-order valence-corrected chi connectivity index (χ3v) is 5.27. The van der Waals surface area contributed by atoms with Crippen molar-refractivity contribution >= 4 is 28.3 Å². The number of carbonyl (C=O) groups excluding carboxylic acids is 1. The molecule has 0 aromatic carbocycles. The molecular formula is C17H27N3O3S. The predicted molar refractivity (Wildman–Crippen MR) is 95.4 cm³/mol. The summed E-state index contributed by atoms with van der Waals surface area (Å²) in [5.41, 5.74) is 0. The Bertz CT molecular complexity index is 529.